The molecule has 1 atom stereocenters. The molecule has 3 aromatic rings. The Balaban J connectivity index is 1.37. The average molecular weight is 428 g/mol. The van der Waals surface area contributed by atoms with Crippen molar-refractivity contribution < 1.29 is 9.62 Å². The SMILES string of the molecule is ON=C1CCc2cc(-c3cc(C4CCCN(CC5CC5)C4)oc3-c3ccncc3)ccc21. The first-order valence-electron chi connectivity index (χ1n) is 11.9. The molecule has 0 amide bonds. The molecule has 3 aliphatic rings. The molecule has 0 spiro atoms. The lowest BCUT2D eigenvalue weighted by Crippen LogP contribution is -2.35. The number of aryl methyl sites for hydroxylation is 1. The van der Waals surface area contributed by atoms with Gasteiger partial charge in [-0.15, -0.1) is 0 Å². The molecule has 1 aromatic carbocycles. The predicted octanol–water partition coefficient (Wildman–Crippen LogP) is 5.72. The van der Waals surface area contributed by atoms with Gasteiger partial charge in [0.1, 0.15) is 11.5 Å². The van der Waals surface area contributed by atoms with Gasteiger partial charge in [0.25, 0.3) is 0 Å². The second kappa shape index (κ2) is 8.21. The molecule has 6 rings (SSSR count). The summed E-state index contributed by atoms with van der Waals surface area (Å²) in [5.41, 5.74) is 6.45. The molecule has 2 fully saturated rings. The highest BCUT2D eigenvalue weighted by Crippen LogP contribution is 2.41. The van der Waals surface area contributed by atoms with Crippen molar-refractivity contribution in [3.63, 3.8) is 0 Å². The van der Waals surface area contributed by atoms with Crippen LogP contribution in [0.3, 0.4) is 0 Å². The summed E-state index contributed by atoms with van der Waals surface area (Å²) in [5, 5.41) is 12.8. The highest BCUT2D eigenvalue weighted by atomic mass is 16.4. The van der Waals surface area contributed by atoms with E-state index < -0.39 is 0 Å². The summed E-state index contributed by atoms with van der Waals surface area (Å²) in [4.78, 5) is 6.84. The van der Waals surface area contributed by atoms with Gasteiger partial charge in [0.2, 0.25) is 0 Å². The van der Waals surface area contributed by atoms with E-state index >= 15 is 0 Å². The summed E-state index contributed by atoms with van der Waals surface area (Å²) in [6.45, 7) is 3.57. The van der Waals surface area contributed by atoms with Crippen LogP contribution in [0.1, 0.15) is 54.9 Å². The number of hydrogen-bond acceptors (Lipinski definition) is 5. The van der Waals surface area contributed by atoms with Gasteiger partial charge in [-0.1, -0.05) is 23.4 Å². The molecule has 0 radical (unpaired) electrons. The number of oxime groups is 1. The summed E-state index contributed by atoms with van der Waals surface area (Å²) in [6.07, 6.45) is 10.6. The van der Waals surface area contributed by atoms with Gasteiger partial charge >= 0.3 is 0 Å². The lowest BCUT2D eigenvalue weighted by atomic mass is 9.93. The summed E-state index contributed by atoms with van der Waals surface area (Å²) >= 11 is 0. The van der Waals surface area contributed by atoms with Crippen LogP contribution in [0.5, 0.6) is 0 Å². The van der Waals surface area contributed by atoms with Crippen LogP contribution in [-0.2, 0) is 6.42 Å². The van der Waals surface area contributed by atoms with Crippen molar-refractivity contribution in [3.8, 4) is 22.5 Å². The van der Waals surface area contributed by atoms with Crippen LogP contribution < -0.4 is 0 Å². The van der Waals surface area contributed by atoms with Crippen LogP contribution in [0.25, 0.3) is 22.5 Å². The monoisotopic (exact) mass is 427 g/mol. The lowest BCUT2D eigenvalue weighted by Gasteiger charge is -2.31. The molecule has 2 aliphatic carbocycles. The van der Waals surface area contributed by atoms with Crippen molar-refractivity contribution in [2.45, 2.75) is 44.4 Å². The number of nitrogens with zero attached hydrogens (tertiary/aromatic N) is 3. The fraction of sp³-hybridized carbons (Fsp3) is 0.407. The number of furan rings is 1. The number of pyridine rings is 1. The average Bonchev–Trinajstić information content (AvgIpc) is 3.39. The summed E-state index contributed by atoms with van der Waals surface area (Å²) in [5.74, 6) is 3.40. The normalized spacial score (nSPS) is 22.4. The zero-order chi connectivity index (χ0) is 21.5. The fourth-order valence-electron chi connectivity index (χ4n) is 5.40. The van der Waals surface area contributed by atoms with Crippen molar-refractivity contribution in [2.75, 3.05) is 19.6 Å². The third-order valence-electron chi connectivity index (χ3n) is 7.29. The van der Waals surface area contributed by atoms with Gasteiger partial charge in [-0.25, -0.2) is 0 Å². The number of hydrogen-bond donors (Lipinski definition) is 1. The molecular weight excluding hydrogens is 398 g/mol. The number of aromatic nitrogens is 1. The molecule has 5 nitrogen and oxygen atoms in total. The molecule has 3 heterocycles. The second-order valence-electron chi connectivity index (χ2n) is 9.59. The van der Waals surface area contributed by atoms with Crippen LogP contribution in [0.2, 0.25) is 0 Å². The summed E-state index contributed by atoms with van der Waals surface area (Å²) in [6, 6.07) is 12.8. The van der Waals surface area contributed by atoms with E-state index in [0.717, 1.165) is 64.8 Å². The first-order chi connectivity index (χ1) is 15.8. The third kappa shape index (κ3) is 3.75. The number of benzene rings is 1. The van der Waals surface area contributed by atoms with Crippen LogP contribution in [-0.4, -0.2) is 40.4 Å². The minimum Gasteiger partial charge on any atom is -0.460 e. The largest absolute Gasteiger partial charge is 0.460 e. The summed E-state index contributed by atoms with van der Waals surface area (Å²) in [7, 11) is 0. The molecule has 1 unspecified atom stereocenters. The van der Waals surface area contributed by atoms with E-state index in [2.05, 4.69) is 39.3 Å². The van der Waals surface area contributed by atoms with Gasteiger partial charge in [0, 0.05) is 48.1 Å². The third-order valence-corrected chi connectivity index (χ3v) is 7.29. The van der Waals surface area contributed by atoms with E-state index in [9.17, 15) is 5.21 Å². The lowest BCUT2D eigenvalue weighted by molar-refractivity contribution is 0.190. The topological polar surface area (TPSA) is 61.9 Å². The Morgan fingerprint density at radius 1 is 1.00 bits per heavy atom. The predicted molar refractivity (Wildman–Crippen MR) is 125 cm³/mol. The number of piperidine rings is 1. The zero-order valence-corrected chi connectivity index (χ0v) is 18.3. The van der Waals surface area contributed by atoms with Crippen LogP contribution in [0, 0.1) is 5.92 Å². The molecule has 164 valence electrons. The Kier molecular flexibility index (Phi) is 5.07. The maximum Gasteiger partial charge on any atom is 0.142 e. The van der Waals surface area contributed by atoms with Crippen molar-refractivity contribution in [1.29, 1.82) is 0 Å². The maximum atomic E-state index is 9.28. The highest BCUT2D eigenvalue weighted by Gasteiger charge is 2.30. The Labute approximate surface area is 188 Å². The van der Waals surface area contributed by atoms with E-state index in [-0.39, 0.29) is 0 Å². The van der Waals surface area contributed by atoms with Gasteiger partial charge in [0.15, 0.2) is 0 Å². The smallest absolute Gasteiger partial charge is 0.142 e. The maximum absolute atomic E-state index is 9.28. The van der Waals surface area contributed by atoms with E-state index in [1.807, 2.05) is 24.5 Å². The first kappa shape index (κ1) is 19.7. The standard InChI is InChI=1S/C27H29N3O2/c31-29-25-8-6-20-14-21(5-7-23(20)25)24-15-26(32-27(24)19-9-11-28-12-10-19)22-2-1-13-30(17-22)16-18-3-4-18/h5,7,9-12,14-15,18,22,31H,1-4,6,8,13,16-17H2. The van der Waals surface area contributed by atoms with Gasteiger partial charge < -0.3 is 14.5 Å². The number of likely N-dealkylation sites (tertiary alicyclic amines) is 1. The molecule has 5 heteroatoms. The molecule has 0 bridgehead atoms. The van der Waals surface area contributed by atoms with Gasteiger partial charge in [-0.2, -0.15) is 0 Å². The van der Waals surface area contributed by atoms with Gasteiger partial charge in [-0.05, 0) is 80.3 Å². The molecule has 2 aromatic heterocycles. The molecule has 1 aliphatic heterocycles. The Bertz CT molecular complexity index is 1150. The zero-order valence-electron chi connectivity index (χ0n) is 18.3. The van der Waals surface area contributed by atoms with Gasteiger partial charge in [0.05, 0.1) is 5.71 Å². The van der Waals surface area contributed by atoms with Gasteiger partial charge in [-0.3, -0.25) is 4.98 Å². The molecule has 1 saturated heterocycles. The van der Waals surface area contributed by atoms with E-state index in [1.54, 1.807) is 0 Å². The Morgan fingerprint density at radius 2 is 1.88 bits per heavy atom. The molecule has 1 N–H and O–H groups in total. The molecular formula is C27H29N3O2. The summed E-state index contributed by atoms with van der Waals surface area (Å²) < 4.78 is 6.61. The number of fused-ring (bicyclic) bond motifs is 1. The second-order valence-corrected chi connectivity index (χ2v) is 9.59. The van der Waals surface area contributed by atoms with E-state index in [4.69, 9.17) is 4.42 Å². The van der Waals surface area contributed by atoms with Crippen LogP contribution in [0.4, 0.5) is 0 Å². The quantitative estimate of drug-likeness (QED) is 0.418. The van der Waals surface area contributed by atoms with Crippen LogP contribution >= 0.6 is 0 Å². The van der Waals surface area contributed by atoms with Crippen molar-refractivity contribution in [2.24, 2.45) is 11.1 Å². The first-order valence-corrected chi connectivity index (χ1v) is 11.9. The minimum atomic E-state index is 0.444. The molecule has 32 heavy (non-hydrogen) atoms. The van der Waals surface area contributed by atoms with Crippen LogP contribution in [0.15, 0.2) is 58.4 Å². The Hall–Kier alpha value is -2.92. The van der Waals surface area contributed by atoms with E-state index in [0.29, 0.717) is 5.92 Å². The van der Waals surface area contributed by atoms with Crippen molar-refractivity contribution >= 4 is 5.71 Å². The van der Waals surface area contributed by atoms with Crippen molar-refractivity contribution in [1.82, 2.24) is 9.88 Å². The minimum absolute atomic E-state index is 0.444. The van der Waals surface area contributed by atoms with Crippen molar-refractivity contribution in [3.05, 3.63) is 65.7 Å². The highest BCUT2D eigenvalue weighted by molar-refractivity contribution is 6.04. The fourth-order valence-corrected chi connectivity index (χ4v) is 5.40. The molecule has 1 saturated carbocycles. The number of rotatable bonds is 5. The Morgan fingerprint density at radius 3 is 2.69 bits per heavy atom. The van der Waals surface area contributed by atoms with E-state index in [1.165, 1.54) is 44.3 Å².